The smallest absolute Gasteiger partial charge is 0.326 e. The molecule has 4 rings (SSSR count). The molecule has 2 aromatic carbocycles. The number of hydrogen-bond acceptors (Lipinski definition) is 5. The minimum atomic E-state index is -1.06. The van der Waals surface area contributed by atoms with Gasteiger partial charge < -0.3 is 15.7 Å². The first-order chi connectivity index (χ1) is 17.7. The van der Waals surface area contributed by atoms with Gasteiger partial charge in [0.1, 0.15) is 11.9 Å². The van der Waals surface area contributed by atoms with E-state index >= 15 is 0 Å². The number of amides is 1. The van der Waals surface area contributed by atoms with E-state index in [0.717, 1.165) is 44.1 Å². The molecule has 190 valence electrons. The summed E-state index contributed by atoms with van der Waals surface area (Å²) in [5.41, 5.74) is 6.35. The maximum atomic E-state index is 12.9. The van der Waals surface area contributed by atoms with Gasteiger partial charge >= 0.3 is 5.97 Å². The molecule has 1 atom stereocenters. The van der Waals surface area contributed by atoms with Crippen LogP contribution in [0.5, 0.6) is 0 Å². The van der Waals surface area contributed by atoms with Gasteiger partial charge in [0.05, 0.1) is 6.54 Å². The molecule has 0 aliphatic heterocycles. The molecule has 1 amide bonds. The van der Waals surface area contributed by atoms with Gasteiger partial charge in [0.15, 0.2) is 0 Å². The van der Waals surface area contributed by atoms with Gasteiger partial charge in [-0.05, 0) is 79.8 Å². The molecular weight excluding hydrogens is 482 g/mol. The van der Waals surface area contributed by atoms with Crippen molar-refractivity contribution in [2.75, 3.05) is 5.32 Å². The van der Waals surface area contributed by atoms with Gasteiger partial charge in [-0.25, -0.2) is 9.78 Å². The van der Waals surface area contributed by atoms with Crippen molar-refractivity contribution in [1.82, 2.24) is 10.3 Å². The van der Waals surface area contributed by atoms with Crippen LogP contribution in [0.2, 0.25) is 0 Å². The molecule has 0 aliphatic carbocycles. The van der Waals surface area contributed by atoms with Crippen LogP contribution in [0.15, 0.2) is 66.9 Å². The molecule has 0 saturated carbocycles. The van der Waals surface area contributed by atoms with Crippen LogP contribution < -0.4 is 10.6 Å². The van der Waals surface area contributed by atoms with Crippen molar-refractivity contribution in [2.24, 2.45) is 0 Å². The monoisotopic (exact) mass is 513 g/mol. The van der Waals surface area contributed by atoms with E-state index in [0.29, 0.717) is 12.1 Å². The molecular formula is C30H31N3O3S. The van der Waals surface area contributed by atoms with Crippen molar-refractivity contribution >= 4 is 29.0 Å². The van der Waals surface area contributed by atoms with E-state index in [2.05, 4.69) is 27.8 Å². The van der Waals surface area contributed by atoms with Gasteiger partial charge in [-0.3, -0.25) is 4.79 Å². The predicted molar refractivity (Wildman–Crippen MR) is 149 cm³/mol. The number of carbonyl (C=O) groups excluding carboxylic acids is 1. The van der Waals surface area contributed by atoms with E-state index in [1.54, 1.807) is 17.5 Å². The van der Waals surface area contributed by atoms with Crippen LogP contribution in [0.3, 0.4) is 0 Å². The Balaban J connectivity index is 1.40. The molecule has 37 heavy (non-hydrogen) atoms. The summed E-state index contributed by atoms with van der Waals surface area (Å²) in [6, 6.07) is 18.9. The Morgan fingerprint density at radius 2 is 1.62 bits per heavy atom. The fraction of sp³-hybridized carbons (Fsp3) is 0.233. The van der Waals surface area contributed by atoms with Crippen molar-refractivity contribution < 1.29 is 14.7 Å². The number of aromatic nitrogens is 1. The number of carboxylic acids is 1. The van der Waals surface area contributed by atoms with E-state index < -0.39 is 12.0 Å². The summed E-state index contributed by atoms with van der Waals surface area (Å²) in [5.74, 6) is -0.565. The summed E-state index contributed by atoms with van der Waals surface area (Å²) in [6.07, 6.45) is 2.00. The highest BCUT2D eigenvalue weighted by Gasteiger charge is 2.23. The number of anilines is 1. The summed E-state index contributed by atoms with van der Waals surface area (Å²) >= 11 is 1.70. The summed E-state index contributed by atoms with van der Waals surface area (Å²) in [4.78, 5) is 31.5. The molecule has 2 heterocycles. The van der Waals surface area contributed by atoms with Crippen molar-refractivity contribution in [3.05, 3.63) is 105 Å². The fourth-order valence-electron chi connectivity index (χ4n) is 4.45. The number of nitrogens with one attached hydrogen (secondary N) is 2. The topological polar surface area (TPSA) is 91.3 Å². The lowest BCUT2D eigenvalue weighted by Crippen LogP contribution is -2.42. The zero-order valence-corrected chi connectivity index (χ0v) is 22.3. The Morgan fingerprint density at radius 3 is 2.27 bits per heavy atom. The minimum Gasteiger partial charge on any atom is -0.480 e. The molecule has 7 heteroatoms. The Bertz CT molecular complexity index is 1400. The Hall–Kier alpha value is -3.97. The zero-order chi connectivity index (χ0) is 26.5. The SMILES string of the molecule is Cc1ccnc(NCc2ccc(-c3ccc(CC(NC(=O)c4c(C)cc(C)cc4C)C(=O)O)cc3)s2)c1. The quantitative estimate of drug-likeness (QED) is 0.252. The first-order valence-electron chi connectivity index (χ1n) is 12.2. The third kappa shape index (κ3) is 6.62. The maximum Gasteiger partial charge on any atom is 0.326 e. The van der Waals surface area contributed by atoms with Crippen LogP contribution in [-0.2, 0) is 17.8 Å². The summed E-state index contributed by atoms with van der Waals surface area (Å²) in [7, 11) is 0. The number of aliphatic carboxylic acids is 1. The maximum absolute atomic E-state index is 12.9. The number of thiophene rings is 1. The third-order valence-electron chi connectivity index (χ3n) is 6.21. The summed E-state index contributed by atoms with van der Waals surface area (Å²) in [6.45, 7) is 8.45. The van der Waals surface area contributed by atoms with Crippen LogP contribution in [0.1, 0.15) is 43.1 Å². The second-order valence-electron chi connectivity index (χ2n) is 9.38. The minimum absolute atomic E-state index is 0.203. The first-order valence-corrected chi connectivity index (χ1v) is 13.0. The largest absolute Gasteiger partial charge is 0.480 e. The van der Waals surface area contributed by atoms with Crippen LogP contribution in [0.25, 0.3) is 10.4 Å². The second kappa shape index (κ2) is 11.4. The molecule has 0 bridgehead atoms. The van der Waals surface area contributed by atoms with E-state index in [-0.39, 0.29) is 12.3 Å². The number of nitrogens with zero attached hydrogens (tertiary/aromatic N) is 1. The average Bonchev–Trinajstić information content (AvgIpc) is 3.31. The molecule has 4 aromatic rings. The molecule has 3 N–H and O–H groups in total. The number of hydrogen-bond donors (Lipinski definition) is 3. The van der Waals surface area contributed by atoms with E-state index in [1.165, 1.54) is 4.88 Å². The molecule has 2 aromatic heterocycles. The van der Waals surface area contributed by atoms with Crippen LogP contribution >= 0.6 is 11.3 Å². The van der Waals surface area contributed by atoms with Crippen molar-refractivity contribution in [2.45, 2.75) is 46.7 Å². The Morgan fingerprint density at radius 1 is 0.919 bits per heavy atom. The van der Waals surface area contributed by atoms with E-state index in [1.807, 2.05) is 76.2 Å². The summed E-state index contributed by atoms with van der Waals surface area (Å²) in [5, 5.41) is 15.8. The van der Waals surface area contributed by atoms with Crippen LogP contribution in [0, 0.1) is 27.7 Å². The number of aryl methyl sites for hydroxylation is 4. The number of carboxylic acid groups (broad SMARTS) is 1. The van der Waals surface area contributed by atoms with Crippen molar-refractivity contribution in [3.63, 3.8) is 0 Å². The van der Waals surface area contributed by atoms with Gasteiger partial charge in [-0.2, -0.15) is 0 Å². The van der Waals surface area contributed by atoms with Crippen LogP contribution in [0.4, 0.5) is 5.82 Å². The second-order valence-corrected chi connectivity index (χ2v) is 10.5. The van der Waals surface area contributed by atoms with Gasteiger partial charge in [-0.1, -0.05) is 42.0 Å². The highest BCUT2D eigenvalue weighted by molar-refractivity contribution is 7.15. The molecule has 0 radical (unpaired) electrons. The van der Waals surface area contributed by atoms with Gasteiger partial charge in [0.25, 0.3) is 5.91 Å². The number of rotatable bonds is 9. The normalized spacial score (nSPS) is 11.7. The first kappa shape index (κ1) is 26.1. The fourth-order valence-corrected chi connectivity index (χ4v) is 5.40. The Labute approximate surface area is 221 Å². The molecule has 0 saturated heterocycles. The average molecular weight is 514 g/mol. The van der Waals surface area contributed by atoms with Gasteiger partial charge in [-0.15, -0.1) is 11.3 Å². The van der Waals surface area contributed by atoms with E-state index in [4.69, 9.17) is 0 Å². The number of benzene rings is 2. The molecule has 1 unspecified atom stereocenters. The lowest BCUT2D eigenvalue weighted by atomic mass is 9.98. The summed E-state index contributed by atoms with van der Waals surface area (Å²) < 4.78 is 0. The lowest BCUT2D eigenvalue weighted by Gasteiger charge is -2.17. The van der Waals surface area contributed by atoms with Crippen molar-refractivity contribution in [3.8, 4) is 10.4 Å². The van der Waals surface area contributed by atoms with Crippen molar-refractivity contribution in [1.29, 1.82) is 0 Å². The van der Waals surface area contributed by atoms with Crippen LogP contribution in [-0.4, -0.2) is 28.0 Å². The third-order valence-corrected chi connectivity index (χ3v) is 7.34. The van der Waals surface area contributed by atoms with Gasteiger partial charge in [0, 0.05) is 27.9 Å². The zero-order valence-electron chi connectivity index (χ0n) is 21.5. The number of pyridine rings is 1. The molecule has 0 fully saturated rings. The standard InChI is InChI=1S/C30H31N3O3S/c1-18-11-12-31-27(15-18)32-17-24-9-10-26(37-24)23-7-5-22(6-8-23)16-25(30(35)36)33-29(34)28-20(3)13-19(2)14-21(28)4/h5-15,25H,16-17H2,1-4H3,(H,31,32)(H,33,34)(H,35,36). The molecule has 0 spiro atoms. The molecule has 6 nitrogen and oxygen atoms in total. The van der Waals surface area contributed by atoms with Gasteiger partial charge in [0.2, 0.25) is 0 Å². The highest BCUT2D eigenvalue weighted by atomic mass is 32.1. The molecule has 0 aliphatic rings. The predicted octanol–water partition coefficient (Wildman–Crippen LogP) is 6.08. The number of carbonyl (C=O) groups is 2. The highest BCUT2D eigenvalue weighted by Crippen LogP contribution is 2.29. The lowest BCUT2D eigenvalue weighted by molar-refractivity contribution is -0.139. The van der Waals surface area contributed by atoms with E-state index in [9.17, 15) is 14.7 Å². The Kier molecular flexibility index (Phi) is 8.04.